The molecule has 1 N–H and O–H groups in total. The minimum absolute atomic E-state index is 0.0376. The zero-order valence-electron chi connectivity index (χ0n) is 17.9. The number of likely N-dealkylation sites (tertiary alicyclic amines) is 1. The van der Waals surface area contributed by atoms with Gasteiger partial charge in [-0.2, -0.15) is 0 Å². The van der Waals surface area contributed by atoms with Crippen molar-refractivity contribution < 1.29 is 24.2 Å². The lowest BCUT2D eigenvalue weighted by Gasteiger charge is -2.52. The topological polar surface area (TPSA) is 76.1 Å². The van der Waals surface area contributed by atoms with Crippen molar-refractivity contribution in [3.8, 4) is 0 Å². The Hall–Kier alpha value is -1.40. The summed E-state index contributed by atoms with van der Waals surface area (Å²) >= 11 is 0. The van der Waals surface area contributed by atoms with Crippen molar-refractivity contribution in [2.24, 2.45) is 29.1 Å². The van der Waals surface area contributed by atoms with Crippen molar-refractivity contribution in [1.29, 1.82) is 0 Å². The van der Waals surface area contributed by atoms with Gasteiger partial charge in [0.15, 0.2) is 0 Å². The molecule has 6 atom stereocenters. The first kappa shape index (κ1) is 20.9. The first-order valence-corrected chi connectivity index (χ1v) is 11.3. The summed E-state index contributed by atoms with van der Waals surface area (Å²) in [6, 6.07) is 0. The molecule has 162 valence electrons. The predicted molar refractivity (Wildman–Crippen MR) is 108 cm³/mol. The molecule has 0 radical (unpaired) electrons. The summed E-state index contributed by atoms with van der Waals surface area (Å²) in [5, 5.41) is 11.4. The number of fused-ring (bicyclic) bond motifs is 2. The van der Waals surface area contributed by atoms with Gasteiger partial charge < -0.3 is 19.5 Å². The molecule has 0 amide bonds. The van der Waals surface area contributed by atoms with Gasteiger partial charge in [0.05, 0.1) is 24.5 Å². The van der Waals surface area contributed by atoms with Gasteiger partial charge in [0.25, 0.3) is 0 Å². The Kier molecular flexibility index (Phi) is 5.77. The number of hydrogen-bond acceptors (Lipinski definition) is 6. The van der Waals surface area contributed by atoms with Crippen molar-refractivity contribution in [2.75, 3.05) is 26.2 Å². The van der Waals surface area contributed by atoms with E-state index >= 15 is 0 Å². The Morgan fingerprint density at radius 2 is 2.07 bits per heavy atom. The molecule has 3 fully saturated rings. The third-order valence-corrected chi connectivity index (χ3v) is 8.23. The fraction of sp³-hybridized carbons (Fsp3) is 0.826. The highest BCUT2D eigenvalue weighted by atomic mass is 16.6. The number of aliphatic hydroxyl groups is 1. The highest BCUT2D eigenvalue weighted by molar-refractivity contribution is 5.76. The molecular formula is C23H35NO5. The molecule has 4 rings (SSSR count). The number of esters is 2. The second kappa shape index (κ2) is 8.03. The second-order valence-electron chi connectivity index (χ2n) is 9.63. The Balaban J connectivity index is 1.44. The van der Waals surface area contributed by atoms with E-state index in [0.29, 0.717) is 19.1 Å². The molecule has 1 saturated carbocycles. The lowest BCUT2D eigenvalue weighted by atomic mass is 9.55. The van der Waals surface area contributed by atoms with Crippen LogP contribution in [0.25, 0.3) is 0 Å². The molecule has 4 aliphatic rings. The molecule has 0 aromatic heterocycles. The van der Waals surface area contributed by atoms with E-state index < -0.39 is 6.10 Å². The van der Waals surface area contributed by atoms with Gasteiger partial charge in [0.2, 0.25) is 0 Å². The molecule has 2 aliphatic carbocycles. The Morgan fingerprint density at radius 1 is 1.34 bits per heavy atom. The number of carbonyl (C=O) groups excluding carboxylic acids is 2. The van der Waals surface area contributed by atoms with Crippen LogP contribution in [0.2, 0.25) is 0 Å². The van der Waals surface area contributed by atoms with Gasteiger partial charge in [-0.3, -0.25) is 9.59 Å². The maximum Gasteiger partial charge on any atom is 0.311 e. The maximum atomic E-state index is 12.8. The summed E-state index contributed by atoms with van der Waals surface area (Å²) in [6.07, 6.45) is 5.91. The molecule has 0 aromatic carbocycles. The predicted octanol–water partition coefficient (Wildman–Crippen LogP) is 2.55. The van der Waals surface area contributed by atoms with Crippen molar-refractivity contribution in [2.45, 2.75) is 65.1 Å². The van der Waals surface area contributed by atoms with Crippen LogP contribution >= 0.6 is 0 Å². The number of carbonyl (C=O) groups is 2. The highest BCUT2D eigenvalue weighted by Gasteiger charge is 2.59. The minimum Gasteiger partial charge on any atom is -0.466 e. The number of rotatable bonds is 4. The number of aliphatic hydroxyl groups excluding tert-OH is 1. The summed E-state index contributed by atoms with van der Waals surface area (Å²) in [5.74, 6) is -0.343. The summed E-state index contributed by atoms with van der Waals surface area (Å²) in [5.41, 5.74) is 1.01. The fourth-order valence-corrected chi connectivity index (χ4v) is 6.16. The molecular weight excluding hydrogens is 370 g/mol. The summed E-state index contributed by atoms with van der Waals surface area (Å²) in [6.45, 7) is 8.81. The van der Waals surface area contributed by atoms with Crippen LogP contribution in [0, 0.1) is 29.1 Å². The van der Waals surface area contributed by atoms with E-state index in [9.17, 15) is 14.7 Å². The monoisotopic (exact) mass is 405 g/mol. The Morgan fingerprint density at radius 3 is 2.76 bits per heavy atom. The zero-order valence-corrected chi connectivity index (χ0v) is 17.9. The van der Waals surface area contributed by atoms with Gasteiger partial charge in [-0.1, -0.05) is 25.5 Å². The van der Waals surface area contributed by atoms with Crippen LogP contribution in [0.5, 0.6) is 0 Å². The van der Waals surface area contributed by atoms with Gasteiger partial charge in [-0.25, -0.2) is 0 Å². The maximum absolute atomic E-state index is 12.8. The molecule has 29 heavy (non-hydrogen) atoms. The molecule has 0 spiro atoms. The molecule has 6 nitrogen and oxygen atoms in total. The van der Waals surface area contributed by atoms with E-state index in [1.807, 2.05) is 6.92 Å². The number of ether oxygens (including phenoxy) is 2. The van der Waals surface area contributed by atoms with Crippen LogP contribution in [0.3, 0.4) is 0 Å². The zero-order chi connectivity index (χ0) is 20.8. The quantitative estimate of drug-likeness (QED) is 0.572. The van der Waals surface area contributed by atoms with Gasteiger partial charge in [-0.05, 0) is 51.6 Å². The Bertz CT molecular complexity index is 683. The molecule has 2 saturated heterocycles. The van der Waals surface area contributed by atoms with E-state index in [1.54, 1.807) is 0 Å². The summed E-state index contributed by atoms with van der Waals surface area (Å²) < 4.78 is 10.9. The van der Waals surface area contributed by atoms with Crippen molar-refractivity contribution in [1.82, 2.24) is 4.90 Å². The van der Waals surface area contributed by atoms with Crippen molar-refractivity contribution in [3.05, 3.63) is 11.6 Å². The molecule has 2 aliphatic heterocycles. The molecule has 6 heteroatoms. The third kappa shape index (κ3) is 3.52. The number of piperidine rings is 1. The van der Waals surface area contributed by atoms with Crippen LogP contribution in [-0.2, 0) is 19.1 Å². The molecule has 0 bridgehead atoms. The molecule has 2 heterocycles. The second-order valence-corrected chi connectivity index (χ2v) is 9.63. The minimum atomic E-state index is -0.559. The van der Waals surface area contributed by atoms with Crippen LogP contribution in [0.15, 0.2) is 11.6 Å². The average Bonchev–Trinajstić information content (AvgIpc) is 3.00. The van der Waals surface area contributed by atoms with Gasteiger partial charge >= 0.3 is 11.9 Å². The SMILES string of the molecule is CCOC(=O)C1CCN(C[C@@H]2C(=O)O[C@H]3CC4=CCC[C@@H](C)[C@]4(C)[C@@H](O)[C@@H]32)CC1. The first-order chi connectivity index (χ1) is 13.9. The van der Waals surface area contributed by atoms with Crippen molar-refractivity contribution >= 4 is 11.9 Å². The largest absolute Gasteiger partial charge is 0.466 e. The van der Waals surface area contributed by atoms with Gasteiger partial charge in [0, 0.05) is 24.3 Å². The highest BCUT2D eigenvalue weighted by Crippen LogP contribution is 2.56. The van der Waals surface area contributed by atoms with E-state index in [0.717, 1.165) is 45.2 Å². The van der Waals surface area contributed by atoms with Crippen LogP contribution in [-0.4, -0.2) is 60.4 Å². The smallest absolute Gasteiger partial charge is 0.311 e. The van der Waals surface area contributed by atoms with Crippen LogP contribution < -0.4 is 0 Å². The molecule has 0 unspecified atom stereocenters. The number of hydrogen-bond donors (Lipinski definition) is 1. The lowest BCUT2D eigenvalue weighted by molar-refractivity contribution is -0.150. The van der Waals surface area contributed by atoms with Gasteiger partial charge in [-0.15, -0.1) is 0 Å². The standard InChI is InChI=1S/C23H35NO5/c1-4-28-21(26)15-8-10-24(11-9-15)13-17-19-18(29-22(17)27)12-16-7-5-6-14(2)23(16,3)20(19)25/h7,14-15,17-20,25H,4-6,8-13H2,1-3H3/t14-,17+,18+,19-,20+,23+/m1/s1. The number of nitrogens with zero attached hydrogens (tertiary/aromatic N) is 1. The summed E-state index contributed by atoms with van der Waals surface area (Å²) in [4.78, 5) is 27.0. The Labute approximate surface area is 173 Å². The normalized spacial score (nSPS) is 40.6. The van der Waals surface area contributed by atoms with Crippen molar-refractivity contribution in [3.63, 3.8) is 0 Å². The number of allylic oxidation sites excluding steroid dienone is 1. The fourth-order valence-electron chi connectivity index (χ4n) is 6.16. The van der Waals surface area contributed by atoms with Crippen LogP contribution in [0.4, 0.5) is 0 Å². The van der Waals surface area contributed by atoms with E-state index in [4.69, 9.17) is 9.47 Å². The summed E-state index contributed by atoms with van der Waals surface area (Å²) in [7, 11) is 0. The lowest BCUT2D eigenvalue weighted by Crippen LogP contribution is -2.55. The average molecular weight is 406 g/mol. The molecule has 0 aromatic rings. The van der Waals surface area contributed by atoms with E-state index in [1.165, 1.54) is 5.57 Å². The first-order valence-electron chi connectivity index (χ1n) is 11.3. The van der Waals surface area contributed by atoms with Crippen LogP contribution in [0.1, 0.15) is 52.9 Å². The van der Waals surface area contributed by atoms with E-state index in [2.05, 4.69) is 24.8 Å². The van der Waals surface area contributed by atoms with E-state index in [-0.39, 0.29) is 41.2 Å². The third-order valence-electron chi connectivity index (χ3n) is 8.23. The van der Waals surface area contributed by atoms with Gasteiger partial charge in [0.1, 0.15) is 6.10 Å².